The molecule has 0 saturated carbocycles. The fraction of sp³-hybridized carbons (Fsp3) is 0. The Bertz CT molecular complexity index is 3960. The van der Waals surface area contributed by atoms with Crippen molar-refractivity contribution in [2.45, 2.75) is 0 Å². The number of para-hydroxylation sites is 1. The molecule has 0 aliphatic rings. The first-order valence-corrected chi connectivity index (χ1v) is 22.8. The lowest BCUT2D eigenvalue weighted by molar-refractivity contribution is 1.19. The minimum absolute atomic E-state index is 1.09. The standard InChI is InChI=1S/C64H42N2/c1-3-17-47(18-4-1)63-54-23-11-7-15-44(54)31-38-55(63)46-29-36-52(37-30-46)65(61-42-49-19-9-10-22-53(49)57-25-13-14-26-58(57)61)51-34-27-43(28-35-51)48-33-39-59-60-40-32-45-16-8-12-24-56(45)64(60)66(62(59)41-48)50-20-5-2-6-21-50/h1-42H. The maximum Gasteiger partial charge on any atom is 0.0619 e. The molecule has 308 valence electrons. The van der Waals surface area contributed by atoms with Gasteiger partial charge >= 0.3 is 0 Å². The summed E-state index contributed by atoms with van der Waals surface area (Å²) in [5.41, 5.74) is 14.1. The van der Waals surface area contributed by atoms with Gasteiger partial charge in [-0.3, -0.25) is 0 Å². The first-order chi connectivity index (χ1) is 32.7. The Morgan fingerprint density at radius 1 is 0.288 bits per heavy atom. The first-order valence-electron chi connectivity index (χ1n) is 22.8. The molecule has 0 unspecified atom stereocenters. The van der Waals surface area contributed by atoms with Crippen molar-refractivity contribution in [3.05, 3.63) is 255 Å². The molecule has 2 heteroatoms. The maximum absolute atomic E-state index is 2.45. The van der Waals surface area contributed by atoms with Gasteiger partial charge in [-0.25, -0.2) is 0 Å². The molecule has 0 aliphatic carbocycles. The van der Waals surface area contributed by atoms with Crippen LogP contribution < -0.4 is 4.90 Å². The van der Waals surface area contributed by atoms with Gasteiger partial charge < -0.3 is 9.47 Å². The van der Waals surface area contributed by atoms with E-state index in [2.05, 4.69) is 264 Å². The van der Waals surface area contributed by atoms with Gasteiger partial charge in [0, 0.05) is 38.6 Å². The molecule has 0 atom stereocenters. The van der Waals surface area contributed by atoms with Crippen LogP contribution >= 0.6 is 0 Å². The molecular weight excluding hydrogens is 797 g/mol. The Labute approximate surface area is 383 Å². The predicted octanol–water partition coefficient (Wildman–Crippen LogP) is 17.9. The average Bonchev–Trinajstić information content (AvgIpc) is 3.73. The van der Waals surface area contributed by atoms with Crippen LogP contribution in [0.2, 0.25) is 0 Å². The molecule has 0 bridgehead atoms. The van der Waals surface area contributed by atoms with Crippen LogP contribution in [0.25, 0.3) is 104 Å². The van der Waals surface area contributed by atoms with Crippen LogP contribution in [-0.2, 0) is 0 Å². The molecule has 12 aromatic carbocycles. The minimum Gasteiger partial charge on any atom is -0.310 e. The van der Waals surface area contributed by atoms with Crippen molar-refractivity contribution in [2.75, 3.05) is 4.90 Å². The molecule has 66 heavy (non-hydrogen) atoms. The number of fused-ring (bicyclic) bond motifs is 9. The number of aromatic nitrogens is 1. The van der Waals surface area contributed by atoms with Crippen molar-refractivity contribution in [3.63, 3.8) is 0 Å². The summed E-state index contributed by atoms with van der Waals surface area (Å²) in [7, 11) is 0. The van der Waals surface area contributed by atoms with Gasteiger partial charge in [-0.1, -0.05) is 206 Å². The summed E-state index contributed by atoms with van der Waals surface area (Å²) in [4.78, 5) is 2.43. The van der Waals surface area contributed by atoms with Gasteiger partial charge in [0.1, 0.15) is 0 Å². The molecule has 1 aromatic heterocycles. The van der Waals surface area contributed by atoms with E-state index in [1.54, 1.807) is 0 Å². The predicted molar refractivity (Wildman–Crippen MR) is 282 cm³/mol. The first kappa shape index (κ1) is 37.8. The highest BCUT2D eigenvalue weighted by Crippen LogP contribution is 2.45. The van der Waals surface area contributed by atoms with Crippen LogP contribution in [0.5, 0.6) is 0 Å². The lowest BCUT2D eigenvalue weighted by atomic mass is 9.89. The Hall–Kier alpha value is -8.72. The lowest BCUT2D eigenvalue weighted by Crippen LogP contribution is -2.10. The van der Waals surface area contributed by atoms with E-state index in [0.717, 1.165) is 22.7 Å². The van der Waals surface area contributed by atoms with E-state index < -0.39 is 0 Å². The van der Waals surface area contributed by atoms with Gasteiger partial charge in [0.15, 0.2) is 0 Å². The third kappa shape index (κ3) is 6.18. The quantitative estimate of drug-likeness (QED) is 0.145. The molecule has 0 aliphatic heterocycles. The molecule has 0 radical (unpaired) electrons. The fourth-order valence-electron chi connectivity index (χ4n) is 10.5. The summed E-state index contributed by atoms with van der Waals surface area (Å²) in [5.74, 6) is 0. The average molecular weight is 839 g/mol. The Morgan fingerprint density at radius 3 is 1.55 bits per heavy atom. The molecule has 0 saturated heterocycles. The molecule has 0 amide bonds. The second-order valence-electron chi connectivity index (χ2n) is 17.3. The zero-order valence-corrected chi connectivity index (χ0v) is 36.1. The lowest BCUT2D eigenvalue weighted by Gasteiger charge is -2.28. The van der Waals surface area contributed by atoms with E-state index in [1.807, 2.05) is 0 Å². The summed E-state index contributed by atoms with van der Waals surface area (Å²) in [6, 6.07) is 93.3. The van der Waals surface area contributed by atoms with Gasteiger partial charge in [0.05, 0.1) is 16.7 Å². The van der Waals surface area contributed by atoms with Crippen molar-refractivity contribution in [1.29, 1.82) is 0 Å². The molecule has 0 spiro atoms. The summed E-state index contributed by atoms with van der Waals surface area (Å²) >= 11 is 0. The second-order valence-corrected chi connectivity index (χ2v) is 17.3. The third-order valence-electron chi connectivity index (χ3n) is 13.5. The smallest absolute Gasteiger partial charge is 0.0619 e. The van der Waals surface area contributed by atoms with E-state index >= 15 is 0 Å². The summed E-state index contributed by atoms with van der Waals surface area (Å²) in [5, 5.41) is 12.4. The number of hydrogen-bond acceptors (Lipinski definition) is 1. The van der Waals surface area contributed by atoms with E-state index in [0.29, 0.717) is 0 Å². The second kappa shape index (κ2) is 15.5. The van der Waals surface area contributed by atoms with Crippen molar-refractivity contribution < 1.29 is 0 Å². The zero-order chi connectivity index (χ0) is 43.6. The van der Waals surface area contributed by atoms with E-state index in [-0.39, 0.29) is 0 Å². The number of hydrogen-bond donors (Lipinski definition) is 0. The van der Waals surface area contributed by atoms with Crippen LogP contribution in [-0.4, -0.2) is 4.57 Å². The van der Waals surface area contributed by atoms with Crippen molar-refractivity contribution in [3.8, 4) is 39.1 Å². The number of nitrogens with zero attached hydrogens (tertiary/aromatic N) is 2. The van der Waals surface area contributed by atoms with Gasteiger partial charge in [-0.15, -0.1) is 0 Å². The fourth-order valence-corrected chi connectivity index (χ4v) is 10.5. The van der Waals surface area contributed by atoms with Gasteiger partial charge in [-0.2, -0.15) is 0 Å². The van der Waals surface area contributed by atoms with Crippen LogP contribution in [0.4, 0.5) is 17.1 Å². The van der Waals surface area contributed by atoms with Crippen LogP contribution in [0.3, 0.4) is 0 Å². The topological polar surface area (TPSA) is 8.17 Å². The molecule has 13 rings (SSSR count). The Morgan fingerprint density at radius 2 is 0.818 bits per heavy atom. The van der Waals surface area contributed by atoms with Gasteiger partial charge in [-0.05, 0) is 114 Å². The highest BCUT2D eigenvalue weighted by molar-refractivity contribution is 6.19. The molecular formula is C64H42N2. The maximum atomic E-state index is 2.45. The molecule has 1 heterocycles. The van der Waals surface area contributed by atoms with E-state index in [1.165, 1.54) is 98.3 Å². The van der Waals surface area contributed by atoms with Gasteiger partial charge in [0.25, 0.3) is 0 Å². The molecule has 2 nitrogen and oxygen atoms in total. The molecule has 0 fully saturated rings. The Kier molecular flexibility index (Phi) is 8.89. The van der Waals surface area contributed by atoms with Crippen LogP contribution in [0, 0.1) is 0 Å². The zero-order valence-electron chi connectivity index (χ0n) is 36.1. The normalized spacial score (nSPS) is 11.6. The SMILES string of the molecule is c1ccc(-c2c(-c3ccc(N(c4ccc(-c5ccc6c7ccc8ccccc8c7n(-c7ccccc7)c6c5)cc4)c4cc5ccccc5c5ccccc45)cc3)ccc3ccccc23)cc1. The van der Waals surface area contributed by atoms with Crippen molar-refractivity contribution in [1.82, 2.24) is 4.57 Å². The van der Waals surface area contributed by atoms with Crippen LogP contribution in [0.15, 0.2) is 255 Å². The largest absolute Gasteiger partial charge is 0.310 e. The highest BCUT2D eigenvalue weighted by atomic mass is 15.1. The van der Waals surface area contributed by atoms with E-state index in [4.69, 9.17) is 0 Å². The van der Waals surface area contributed by atoms with Crippen molar-refractivity contribution >= 4 is 82.0 Å². The monoisotopic (exact) mass is 838 g/mol. The number of benzene rings is 12. The van der Waals surface area contributed by atoms with E-state index in [9.17, 15) is 0 Å². The van der Waals surface area contributed by atoms with Gasteiger partial charge in [0.2, 0.25) is 0 Å². The number of anilines is 3. The summed E-state index contributed by atoms with van der Waals surface area (Å²) in [6.45, 7) is 0. The van der Waals surface area contributed by atoms with Crippen molar-refractivity contribution in [2.24, 2.45) is 0 Å². The summed E-state index contributed by atoms with van der Waals surface area (Å²) in [6.07, 6.45) is 0. The minimum atomic E-state index is 1.09. The Balaban J connectivity index is 0.964. The number of rotatable bonds is 7. The molecule has 0 N–H and O–H groups in total. The third-order valence-corrected chi connectivity index (χ3v) is 13.5. The van der Waals surface area contributed by atoms with Crippen LogP contribution in [0.1, 0.15) is 0 Å². The highest BCUT2D eigenvalue weighted by Gasteiger charge is 2.20. The summed E-state index contributed by atoms with van der Waals surface area (Å²) < 4.78 is 2.45. The molecule has 13 aromatic rings.